The summed E-state index contributed by atoms with van der Waals surface area (Å²) in [5, 5.41) is 19.2. The topological polar surface area (TPSA) is 43.7 Å². The van der Waals surface area contributed by atoms with Gasteiger partial charge in [-0.1, -0.05) is 12.1 Å². The lowest BCUT2D eigenvalue weighted by Gasteiger charge is -2.31. The minimum Gasteiger partial charge on any atom is -0.396 e. The molecule has 1 unspecified atom stereocenters. The van der Waals surface area contributed by atoms with E-state index in [-0.39, 0.29) is 12.4 Å². The highest BCUT2D eigenvalue weighted by Gasteiger charge is 2.19. The highest BCUT2D eigenvalue weighted by atomic mass is 19.1. The first kappa shape index (κ1) is 15.4. The highest BCUT2D eigenvalue weighted by molar-refractivity contribution is 5.24. The van der Waals surface area contributed by atoms with Gasteiger partial charge in [-0.3, -0.25) is 0 Å². The van der Waals surface area contributed by atoms with Gasteiger partial charge in [-0.15, -0.1) is 0 Å². The lowest BCUT2D eigenvalue weighted by Crippen LogP contribution is -2.35. The Morgan fingerprint density at radius 2 is 2.05 bits per heavy atom. The fourth-order valence-corrected chi connectivity index (χ4v) is 2.68. The number of halogens is 1. The van der Waals surface area contributed by atoms with Crippen LogP contribution in [0.2, 0.25) is 0 Å². The van der Waals surface area contributed by atoms with Gasteiger partial charge in [0.15, 0.2) is 0 Å². The van der Waals surface area contributed by atoms with Crippen LogP contribution < -0.4 is 0 Å². The molecule has 0 bridgehead atoms. The molecule has 0 amide bonds. The zero-order valence-electron chi connectivity index (χ0n) is 12.1. The van der Waals surface area contributed by atoms with Gasteiger partial charge >= 0.3 is 0 Å². The molecule has 1 atom stereocenters. The second-order valence-corrected chi connectivity index (χ2v) is 5.78. The molecular weight excluding hydrogens is 257 g/mol. The summed E-state index contributed by atoms with van der Waals surface area (Å²) in [5.74, 6) is 0.174. The molecule has 0 radical (unpaired) electrons. The lowest BCUT2D eigenvalue weighted by molar-refractivity contribution is 0.105. The van der Waals surface area contributed by atoms with Crippen LogP contribution in [0.4, 0.5) is 4.39 Å². The van der Waals surface area contributed by atoms with Crippen LogP contribution in [0.15, 0.2) is 18.2 Å². The zero-order valence-corrected chi connectivity index (χ0v) is 12.1. The number of aliphatic hydroxyl groups is 2. The average Bonchev–Trinajstić information content (AvgIpc) is 2.48. The molecule has 112 valence electrons. The molecule has 2 rings (SSSR count). The number of nitrogens with zero attached hydrogens (tertiary/aromatic N) is 1. The number of likely N-dealkylation sites (tertiary alicyclic amines) is 1. The van der Waals surface area contributed by atoms with Gasteiger partial charge in [0.1, 0.15) is 5.82 Å². The standard InChI is InChI=1S/C16H24FNO2/c1-12-2-3-14(10-15(12)17)16(20)6-9-18-7-4-13(11-19)5-8-18/h2-3,10,13,16,19-20H,4-9,11H2,1H3. The van der Waals surface area contributed by atoms with E-state index in [0.29, 0.717) is 23.5 Å². The number of benzene rings is 1. The highest BCUT2D eigenvalue weighted by Crippen LogP contribution is 2.22. The van der Waals surface area contributed by atoms with Crippen molar-refractivity contribution in [3.8, 4) is 0 Å². The predicted molar refractivity (Wildman–Crippen MR) is 77.0 cm³/mol. The Labute approximate surface area is 120 Å². The SMILES string of the molecule is Cc1ccc(C(O)CCN2CCC(CO)CC2)cc1F. The average molecular weight is 281 g/mol. The number of rotatable bonds is 5. The summed E-state index contributed by atoms with van der Waals surface area (Å²) >= 11 is 0. The van der Waals surface area contributed by atoms with Gasteiger partial charge in [0.25, 0.3) is 0 Å². The Balaban J connectivity index is 1.80. The maximum absolute atomic E-state index is 13.5. The first-order chi connectivity index (χ1) is 9.60. The molecule has 0 saturated carbocycles. The minimum absolute atomic E-state index is 0.259. The summed E-state index contributed by atoms with van der Waals surface area (Å²) < 4.78 is 13.5. The van der Waals surface area contributed by atoms with E-state index in [1.807, 2.05) is 0 Å². The summed E-state index contributed by atoms with van der Waals surface area (Å²) in [6.45, 7) is 4.76. The van der Waals surface area contributed by atoms with Gasteiger partial charge in [0, 0.05) is 13.2 Å². The summed E-state index contributed by atoms with van der Waals surface area (Å²) in [7, 11) is 0. The molecule has 20 heavy (non-hydrogen) atoms. The third kappa shape index (κ3) is 4.01. The van der Waals surface area contributed by atoms with Crippen molar-refractivity contribution in [2.24, 2.45) is 5.92 Å². The van der Waals surface area contributed by atoms with Crippen molar-refractivity contribution in [1.29, 1.82) is 0 Å². The minimum atomic E-state index is -0.610. The monoisotopic (exact) mass is 281 g/mol. The molecule has 1 aromatic rings. The number of piperidine rings is 1. The Morgan fingerprint density at radius 1 is 1.35 bits per heavy atom. The fraction of sp³-hybridized carbons (Fsp3) is 0.625. The molecular formula is C16H24FNO2. The molecule has 0 aliphatic carbocycles. The van der Waals surface area contributed by atoms with Crippen molar-refractivity contribution >= 4 is 0 Å². The van der Waals surface area contributed by atoms with Crippen molar-refractivity contribution in [1.82, 2.24) is 4.90 Å². The molecule has 1 fully saturated rings. The van der Waals surface area contributed by atoms with Crippen LogP contribution >= 0.6 is 0 Å². The lowest BCUT2D eigenvalue weighted by atomic mass is 9.97. The Morgan fingerprint density at radius 3 is 2.65 bits per heavy atom. The number of hydrogen-bond donors (Lipinski definition) is 2. The van der Waals surface area contributed by atoms with Crippen LogP contribution in [0.3, 0.4) is 0 Å². The first-order valence-electron chi connectivity index (χ1n) is 7.37. The molecule has 2 N–H and O–H groups in total. The second-order valence-electron chi connectivity index (χ2n) is 5.78. The van der Waals surface area contributed by atoms with Gasteiger partial charge in [0.2, 0.25) is 0 Å². The van der Waals surface area contributed by atoms with Gasteiger partial charge in [0.05, 0.1) is 6.10 Å². The molecule has 1 aliphatic heterocycles. The van der Waals surface area contributed by atoms with Crippen molar-refractivity contribution in [3.63, 3.8) is 0 Å². The summed E-state index contributed by atoms with van der Waals surface area (Å²) in [5.41, 5.74) is 1.25. The predicted octanol–water partition coefficient (Wildman–Crippen LogP) is 2.26. The van der Waals surface area contributed by atoms with Crippen LogP contribution in [-0.4, -0.2) is 41.4 Å². The Hall–Kier alpha value is -0.970. The van der Waals surface area contributed by atoms with E-state index in [1.165, 1.54) is 6.07 Å². The van der Waals surface area contributed by atoms with Gasteiger partial charge in [-0.05, 0) is 62.4 Å². The number of aliphatic hydroxyl groups excluding tert-OH is 2. The molecule has 1 heterocycles. The van der Waals surface area contributed by atoms with E-state index in [0.717, 1.165) is 32.5 Å². The largest absolute Gasteiger partial charge is 0.396 e. The van der Waals surface area contributed by atoms with Gasteiger partial charge < -0.3 is 15.1 Å². The van der Waals surface area contributed by atoms with Gasteiger partial charge in [-0.2, -0.15) is 0 Å². The molecule has 3 nitrogen and oxygen atoms in total. The van der Waals surface area contributed by atoms with Crippen LogP contribution in [-0.2, 0) is 0 Å². The van der Waals surface area contributed by atoms with Crippen molar-refractivity contribution in [3.05, 3.63) is 35.1 Å². The molecule has 4 heteroatoms. The van der Waals surface area contributed by atoms with Crippen LogP contribution in [0.5, 0.6) is 0 Å². The van der Waals surface area contributed by atoms with Crippen molar-refractivity contribution in [2.45, 2.75) is 32.3 Å². The summed E-state index contributed by atoms with van der Waals surface area (Å²) in [6, 6.07) is 4.93. The molecule has 0 aromatic heterocycles. The van der Waals surface area contributed by atoms with E-state index in [4.69, 9.17) is 5.11 Å². The Kier molecular flexibility index (Phi) is 5.52. The molecule has 1 saturated heterocycles. The van der Waals surface area contributed by atoms with E-state index in [9.17, 15) is 9.50 Å². The molecule has 0 spiro atoms. The van der Waals surface area contributed by atoms with Crippen LogP contribution in [0.1, 0.15) is 36.5 Å². The molecule has 1 aliphatic rings. The maximum atomic E-state index is 13.5. The summed E-state index contributed by atoms with van der Waals surface area (Å²) in [4.78, 5) is 2.31. The van der Waals surface area contributed by atoms with E-state index < -0.39 is 6.10 Å². The Bertz CT molecular complexity index is 430. The molecule has 1 aromatic carbocycles. The van der Waals surface area contributed by atoms with E-state index >= 15 is 0 Å². The van der Waals surface area contributed by atoms with Crippen molar-refractivity contribution < 1.29 is 14.6 Å². The quantitative estimate of drug-likeness (QED) is 0.870. The van der Waals surface area contributed by atoms with Crippen molar-refractivity contribution in [2.75, 3.05) is 26.2 Å². The first-order valence-corrected chi connectivity index (χ1v) is 7.37. The normalized spacial score (nSPS) is 19.2. The smallest absolute Gasteiger partial charge is 0.126 e. The third-order valence-electron chi connectivity index (χ3n) is 4.26. The number of aryl methyl sites for hydroxylation is 1. The fourth-order valence-electron chi connectivity index (χ4n) is 2.68. The van der Waals surface area contributed by atoms with E-state index in [2.05, 4.69) is 4.90 Å². The third-order valence-corrected chi connectivity index (χ3v) is 4.26. The number of hydrogen-bond acceptors (Lipinski definition) is 3. The van der Waals surface area contributed by atoms with Crippen LogP contribution in [0.25, 0.3) is 0 Å². The zero-order chi connectivity index (χ0) is 14.5. The van der Waals surface area contributed by atoms with E-state index in [1.54, 1.807) is 19.1 Å². The second kappa shape index (κ2) is 7.16. The van der Waals surface area contributed by atoms with Gasteiger partial charge in [-0.25, -0.2) is 4.39 Å². The maximum Gasteiger partial charge on any atom is 0.126 e. The summed E-state index contributed by atoms with van der Waals surface area (Å²) in [6.07, 6.45) is 2.05. The van der Waals surface area contributed by atoms with Crippen LogP contribution in [0, 0.1) is 18.7 Å².